The van der Waals surface area contributed by atoms with Crippen molar-refractivity contribution in [2.45, 2.75) is 31.2 Å². The van der Waals surface area contributed by atoms with Crippen LogP contribution in [0, 0.1) is 30.7 Å². The van der Waals surface area contributed by atoms with Crippen LogP contribution in [0.1, 0.15) is 17.0 Å². The normalized spacial score (nSPS) is 15.9. The molecule has 0 saturated carbocycles. The number of hydrogen-bond acceptors (Lipinski definition) is 1. The number of benzene rings is 2. The van der Waals surface area contributed by atoms with E-state index in [1.54, 1.807) is 0 Å². The van der Waals surface area contributed by atoms with Gasteiger partial charge in [-0.05, 0) is 22.3 Å². The molecule has 2 radical (unpaired) electrons. The Kier molecular flexibility index (Phi) is 7.65. The zero-order chi connectivity index (χ0) is 21.9. The summed E-state index contributed by atoms with van der Waals surface area (Å²) in [5, 5.41) is 12.0. The standard InChI is InChI=1S/C24H23OSi.C5H5.Fe/c1-26(2,3)17-16-24(25,18-10-4-5-11-18)23-21-14-8-6-12-19(21)20-13-7-9-15-22(20)23;1-2-4-5-3-1;/h4-15,23,25H,1-3H3;1-5H;/q2*-1;+2. The van der Waals surface area contributed by atoms with Crippen molar-refractivity contribution in [2.75, 3.05) is 0 Å². The maximum atomic E-state index is 12.0. The van der Waals surface area contributed by atoms with Crippen molar-refractivity contribution in [1.29, 1.82) is 0 Å². The summed E-state index contributed by atoms with van der Waals surface area (Å²) >= 11 is 0. The van der Waals surface area contributed by atoms with E-state index in [1.165, 1.54) is 11.1 Å². The first-order valence-corrected chi connectivity index (χ1v) is 14.2. The average Bonchev–Trinajstić information content (AvgIpc) is 3.54. The molecule has 0 aromatic heterocycles. The summed E-state index contributed by atoms with van der Waals surface area (Å²) in [6, 6.07) is 26.8. The molecule has 1 atom stereocenters. The van der Waals surface area contributed by atoms with Crippen molar-refractivity contribution in [2.24, 2.45) is 0 Å². The Morgan fingerprint density at radius 2 is 1.44 bits per heavy atom. The van der Waals surface area contributed by atoms with Crippen LogP contribution >= 0.6 is 0 Å². The first-order valence-electron chi connectivity index (χ1n) is 10.7. The van der Waals surface area contributed by atoms with Gasteiger partial charge in [-0.3, -0.25) is 0 Å². The van der Waals surface area contributed by atoms with Crippen molar-refractivity contribution in [3.05, 3.63) is 121 Å². The maximum absolute atomic E-state index is 12.0. The first kappa shape index (κ1) is 24.3. The van der Waals surface area contributed by atoms with Gasteiger partial charge in [-0.15, -0.1) is 18.4 Å². The summed E-state index contributed by atoms with van der Waals surface area (Å²) in [5.41, 5.74) is 7.79. The Labute approximate surface area is 204 Å². The van der Waals surface area contributed by atoms with Gasteiger partial charge in [0, 0.05) is 0 Å². The summed E-state index contributed by atoms with van der Waals surface area (Å²) in [6.45, 7) is 6.63. The number of aliphatic hydroxyl groups is 1. The summed E-state index contributed by atoms with van der Waals surface area (Å²) in [7, 11) is -1.63. The fourth-order valence-electron chi connectivity index (χ4n) is 4.15. The molecule has 1 nitrogen and oxygen atoms in total. The molecular weight excluding hydrogens is 448 g/mol. The molecule has 2 aliphatic carbocycles. The Hall–Kier alpha value is -2.34. The molecule has 32 heavy (non-hydrogen) atoms. The minimum absolute atomic E-state index is 0. The monoisotopic (exact) mass is 476 g/mol. The Balaban J connectivity index is 0.000000427. The van der Waals surface area contributed by atoms with Crippen molar-refractivity contribution in [3.63, 3.8) is 0 Å². The third-order valence-electron chi connectivity index (χ3n) is 5.54. The molecule has 1 unspecified atom stereocenters. The quantitative estimate of drug-likeness (QED) is 0.259. The fraction of sp³-hybridized carbons (Fsp3) is 0.172. The predicted molar refractivity (Wildman–Crippen MR) is 133 cm³/mol. The van der Waals surface area contributed by atoms with Crippen molar-refractivity contribution >= 4 is 8.07 Å². The zero-order valence-corrected chi connectivity index (χ0v) is 20.8. The van der Waals surface area contributed by atoms with E-state index >= 15 is 0 Å². The third-order valence-corrected chi connectivity index (χ3v) is 6.41. The van der Waals surface area contributed by atoms with Crippen LogP contribution in [-0.4, -0.2) is 18.8 Å². The van der Waals surface area contributed by atoms with Crippen LogP contribution in [0.4, 0.5) is 0 Å². The minimum Gasteiger partial charge on any atom is -0.376 e. The van der Waals surface area contributed by atoms with E-state index in [0.29, 0.717) is 0 Å². The molecule has 0 bridgehead atoms. The second-order valence-corrected chi connectivity index (χ2v) is 13.8. The average molecular weight is 476 g/mol. The SMILES string of the molecule is C[Si](C)(C)C#CC(O)(C1=C[CH][CH][CH-]1)C1c2ccccc2-c2ccccc21.[Fe+2].c1cc[cH-]c1. The maximum Gasteiger partial charge on any atom is 2.00 e. The van der Waals surface area contributed by atoms with E-state index in [-0.39, 0.29) is 23.0 Å². The largest absolute Gasteiger partial charge is 2.00 e. The van der Waals surface area contributed by atoms with E-state index < -0.39 is 13.7 Å². The number of fused-ring (bicyclic) bond motifs is 3. The topological polar surface area (TPSA) is 20.2 Å². The van der Waals surface area contributed by atoms with Crippen LogP contribution in [0.15, 0.2) is 90.5 Å². The Morgan fingerprint density at radius 3 is 1.88 bits per heavy atom. The van der Waals surface area contributed by atoms with Gasteiger partial charge in [0.05, 0.1) is 5.92 Å². The second kappa shape index (κ2) is 10.1. The van der Waals surface area contributed by atoms with Gasteiger partial charge >= 0.3 is 17.1 Å². The van der Waals surface area contributed by atoms with E-state index in [2.05, 4.69) is 79.6 Å². The molecule has 1 N–H and O–H groups in total. The minimum atomic E-state index is -1.63. The van der Waals surface area contributed by atoms with Crippen molar-refractivity contribution < 1.29 is 22.2 Å². The van der Waals surface area contributed by atoms with Gasteiger partial charge in [-0.2, -0.15) is 23.8 Å². The van der Waals surface area contributed by atoms with Gasteiger partial charge in [0.15, 0.2) is 0 Å². The summed E-state index contributed by atoms with van der Waals surface area (Å²) in [6.07, 6.45) is 7.93. The smallest absolute Gasteiger partial charge is 0.376 e. The van der Waals surface area contributed by atoms with Gasteiger partial charge in [0.2, 0.25) is 0 Å². The molecule has 162 valence electrons. The molecule has 5 rings (SSSR count). The molecule has 0 aliphatic heterocycles. The number of hydrogen-bond donors (Lipinski definition) is 1. The van der Waals surface area contributed by atoms with Gasteiger partial charge in [0.25, 0.3) is 0 Å². The molecule has 0 spiro atoms. The number of allylic oxidation sites excluding steroid dienone is 1. The van der Waals surface area contributed by atoms with Crippen molar-refractivity contribution in [1.82, 2.24) is 0 Å². The van der Waals surface area contributed by atoms with E-state index in [9.17, 15) is 5.11 Å². The van der Waals surface area contributed by atoms with Crippen LogP contribution in [0.25, 0.3) is 11.1 Å². The van der Waals surface area contributed by atoms with Gasteiger partial charge in [0.1, 0.15) is 13.7 Å². The summed E-state index contributed by atoms with van der Waals surface area (Å²) < 4.78 is 0. The Bertz CT molecular complexity index is 1060. The molecule has 0 heterocycles. The number of rotatable bonds is 2. The molecular formula is C29H28FeOSi. The molecule has 0 amide bonds. The zero-order valence-electron chi connectivity index (χ0n) is 18.7. The summed E-state index contributed by atoms with van der Waals surface area (Å²) in [5.74, 6) is 3.15. The van der Waals surface area contributed by atoms with Crippen LogP contribution < -0.4 is 0 Å². The molecule has 2 aliphatic rings. The predicted octanol–water partition coefficient (Wildman–Crippen LogP) is 6.37. The molecule has 0 fully saturated rings. The summed E-state index contributed by atoms with van der Waals surface area (Å²) in [4.78, 5) is 0. The van der Waals surface area contributed by atoms with Crippen LogP contribution in [0.3, 0.4) is 0 Å². The molecule has 0 saturated heterocycles. The fourth-order valence-corrected chi connectivity index (χ4v) is 4.71. The van der Waals surface area contributed by atoms with Gasteiger partial charge < -0.3 is 5.11 Å². The van der Waals surface area contributed by atoms with E-state index in [1.807, 2.05) is 55.7 Å². The Morgan fingerprint density at radius 1 is 0.875 bits per heavy atom. The molecule has 3 aromatic rings. The first-order chi connectivity index (χ1) is 14.9. The van der Waals surface area contributed by atoms with Gasteiger partial charge in [-0.25, -0.2) is 24.6 Å². The third kappa shape index (κ3) is 5.01. The molecule has 3 heteroatoms. The van der Waals surface area contributed by atoms with E-state index in [4.69, 9.17) is 0 Å². The van der Waals surface area contributed by atoms with Gasteiger partial charge in [-0.1, -0.05) is 74.1 Å². The second-order valence-electron chi connectivity index (χ2n) is 9.01. The van der Waals surface area contributed by atoms with Crippen molar-refractivity contribution in [3.8, 4) is 22.6 Å². The van der Waals surface area contributed by atoms with Crippen LogP contribution in [0.5, 0.6) is 0 Å². The van der Waals surface area contributed by atoms with Crippen LogP contribution in [0.2, 0.25) is 19.6 Å². The van der Waals surface area contributed by atoms with E-state index in [0.717, 1.165) is 16.7 Å². The molecule has 3 aromatic carbocycles. The van der Waals surface area contributed by atoms with Crippen LogP contribution in [-0.2, 0) is 17.1 Å².